The third kappa shape index (κ3) is 5.95. The van der Waals surface area contributed by atoms with E-state index >= 15 is 0 Å². The molecule has 1 saturated carbocycles. The third-order valence-electron chi connectivity index (χ3n) is 3.02. The van der Waals surface area contributed by atoms with Gasteiger partial charge in [-0.25, -0.2) is 4.98 Å². The summed E-state index contributed by atoms with van der Waals surface area (Å²) in [5.74, 6) is 0.834. The van der Waals surface area contributed by atoms with Crippen LogP contribution in [-0.4, -0.2) is 24.0 Å². The molecule has 1 aromatic heterocycles. The highest BCUT2D eigenvalue weighted by Crippen LogP contribution is 2.27. The second-order valence-electron chi connectivity index (χ2n) is 5.54. The predicted octanol–water partition coefficient (Wildman–Crippen LogP) is 2.65. The lowest BCUT2D eigenvalue weighted by Gasteiger charge is -2.24. The zero-order chi connectivity index (χ0) is 13.2. The van der Waals surface area contributed by atoms with Crippen LogP contribution < -0.4 is 10.6 Å². The maximum absolute atomic E-state index is 11.8. The molecule has 1 amide bonds. The summed E-state index contributed by atoms with van der Waals surface area (Å²) in [6.07, 6.45) is 2.61. The van der Waals surface area contributed by atoms with Crippen LogP contribution in [0.3, 0.4) is 0 Å². The minimum Gasteiger partial charge on any atom is -0.344 e. The molecule has 0 radical (unpaired) electrons. The van der Waals surface area contributed by atoms with Crippen molar-refractivity contribution in [1.82, 2.24) is 15.6 Å². The van der Waals surface area contributed by atoms with Gasteiger partial charge in [0.2, 0.25) is 5.91 Å². The second kappa shape index (κ2) is 8.17. The molecule has 2 rings (SSSR count). The first-order valence-corrected chi connectivity index (χ1v) is 7.29. The number of halogens is 2. The van der Waals surface area contributed by atoms with E-state index in [0.717, 1.165) is 23.2 Å². The molecular formula is C13H23Cl2N3OS. The molecule has 2 N–H and O–H groups in total. The van der Waals surface area contributed by atoms with E-state index in [9.17, 15) is 4.79 Å². The van der Waals surface area contributed by atoms with Crippen LogP contribution in [0.15, 0.2) is 5.38 Å². The summed E-state index contributed by atoms with van der Waals surface area (Å²) in [5, 5.41) is 9.19. The van der Waals surface area contributed by atoms with Gasteiger partial charge in [-0.1, -0.05) is 0 Å². The molecule has 1 fully saturated rings. The Morgan fingerprint density at radius 1 is 1.45 bits per heavy atom. The van der Waals surface area contributed by atoms with E-state index in [2.05, 4.69) is 15.6 Å². The molecule has 1 heterocycles. The second-order valence-corrected chi connectivity index (χ2v) is 6.40. The van der Waals surface area contributed by atoms with Gasteiger partial charge in [-0.2, -0.15) is 0 Å². The summed E-state index contributed by atoms with van der Waals surface area (Å²) in [6, 6.07) is 0. The molecule has 0 aliphatic heterocycles. The smallest absolute Gasteiger partial charge is 0.234 e. The Kier molecular flexibility index (Phi) is 8.03. The van der Waals surface area contributed by atoms with E-state index in [-0.39, 0.29) is 30.7 Å². The molecule has 0 aromatic carbocycles. The molecule has 0 atom stereocenters. The van der Waals surface area contributed by atoms with Crippen LogP contribution in [0.25, 0.3) is 0 Å². The zero-order valence-electron chi connectivity index (χ0n) is 12.1. The highest BCUT2D eigenvalue weighted by atomic mass is 35.5. The quantitative estimate of drug-likeness (QED) is 0.837. The number of thiazole rings is 1. The van der Waals surface area contributed by atoms with E-state index in [1.165, 1.54) is 12.8 Å². The van der Waals surface area contributed by atoms with Gasteiger partial charge in [-0.3, -0.25) is 4.79 Å². The number of rotatable bonds is 6. The van der Waals surface area contributed by atoms with E-state index in [1.54, 1.807) is 11.3 Å². The van der Waals surface area contributed by atoms with Gasteiger partial charge in [0.05, 0.1) is 12.1 Å². The van der Waals surface area contributed by atoms with E-state index in [0.29, 0.717) is 6.54 Å². The number of carbonyl (C=O) groups excluding carboxylic acids is 1. The van der Waals surface area contributed by atoms with E-state index in [4.69, 9.17) is 0 Å². The Labute approximate surface area is 137 Å². The van der Waals surface area contributed by atoms with Crippen LogP contribution in [0, 0.1) is 12.8 Å². The molecule has 0 saturated heterocycles. The lowest BCUT2D eigenvalue weighted by molar-refractivity contribution is -0.121. The summed E-state index contributed by atoms with van der Waals surface area (Å²) in [4.78, 5) is 16.3. The number of nitrogens with one attached hydrogen (secondary N) is 2. The molecule has 116 valence electrons. The Balaban J connectivity index is 0.00000180. The monoisotopic (exact) mass is 339 g/mol. The van der Waals surface area contributed by atoms with Crippen LogP contribution in [0.1, 0.15) is 37.4 Å². The van der Waals surface area contributed by atoms with Crippen LogP contribution in [-0.2, 0) is 10.3 Å². The topological polar surface area (TPSA) is 54.0 Å². The summed E-state index contributed by atoms with van der Waals surface area (Å²) >= 11 is 1.59. The number of aromatic nitrogens is 1. The van der Waals surface area contributed by atoms with Crippen LogP contribution >= 0.6 is 36.2 Å². The zero-order valence-corrected chi connectivity index (χ0v) is 14.5. The van der Waals surface area contributed by atoms with Crippen LogP contribution in [0.4, 0.5) is 0 Å². The maximum Gasteiger partial charge on any atom is 0.234 e. The van der Waals surface area contributed by atoms with E-state index in [1.807, 2.05) is 26.2 Å². The Bertz CT molecular complexity index is 433. The Morgan fingerprint density at radius 3 is 2.60 bits per heavy atom. The van der Waals surface area contributed by atoms with Gasteiger partial charge in [0.25, 0.3) is 0 Å². The molecule has 1 aliphatic carbocycles. The molecule has 4 nitrogen and oxygen atoms in total. The van der Waals surface area contributed by atoms with Gasteiger partial charge >= 0.3 is 0 Å². The minimum absolute atomic E-state index is 0. The highest BCUT2D eigenvalue weighted by Gasteiger charge is 2.26. The first-order chi connectivity index (χ1) is 8.47. The van der Waals surface area contributed by atoms with Crippen molar-refractivity contribution in [3.63, 3.8) is 0 Å². The van der Waals surface area contributed by atoms with E-state index < -0.39 is 5.54 Å². The molecular weight excluding hydrogens is 317 g/mol. The molecule has 0 spiro atoms. The molecule has 20 heavy (non-hydrogen) atoms. The number of nitrogens with zero attached hydrogens (tertiary/aromatic N) is 1. The fourth-order valence-corrected chi connectivity index (χ4v) is 2.68. The largest absolute Gasteiger partial charge is 0.344 e. The van der Waals surface area contributed by atoms with Crippen molar-refractivity contribution in [2.75, 3.05) is 13.1 Å². The molecule has 1 aliphatic rings. The normalized spacial score (nSPS) is 14.2. The first-order valence-electron chi connectivity index (χ1n) is 6.42. The standard InChI is InChI=1S/C13H21N3OS.2ClH/c1-9-8-18-12(15-9)13(2,3)16-11(17)7-14-6-10-4-5-10;;/h8,10,14H,4-7H2,1-3H3,(H,16,17);2*1H. The highest BCUT2D eigenvalue weighted by molar-refractivity contribution is 7.09. The summed E-state index contributed by atoms with van der Waals surface area (Å²) in [7, 11) is 0. The number of aryl methyl sites for hydroxylation is 1. The summed E-state index contributed by atoms with van der Waals surface area (Å²) < 4.78 is 0. The van der Waals surface area contributed by atoms with Crippen LogP contribution in [0.5, 0.6) is 0 Å². The van der Waals surface area contributed by atoms with Crippen molar-refractivity contribution in [3.8, 4) is 0 Å². The van der Waals surface area contributed by atoms with Gasteiger partial charge in [0.1, 0.15) is 5.01 Å². The minimum atomic E-state index is -0.392. The van der Waals surface area contributed by atoms with Crippen molar-refractivity contribution >= 4 is 42.1 Å². The lowest BCUT2D eigenvalue weighted by Crippen LogP contribution is -2.45. The van der Waals surface area contributed by atoms with Gasteiger partial charge in [-0.05, 0) is 46.1 Å². The number of amides is 1. The van der Waals surface area contributed by atoms with Crippen molar-refractivity contribution < 1.29 is 4.79 Å². The Morgan fingerprint density at radius 2 is 2.10 bits per heavy atom. The summed E-state index contributed by atoms with van der Waals surface area (Å²) in [5.41, 5.74) is 0.612. The summed E-state index contributed by atoms with van der Waals surface area (Å²) in [6.45, 7) is 7.30. The van der Waals surface area contributed by atoms with Gasteiger partial charge < -0.3 is 10.6 Å². The fourth-order valence-electron chi connectivity index (χ4n) is 1.80. The molecule has 7 heteroatoms. The van der Waals surface area contributed by atoms with Crippen LogP contribution in [0.2, 0.25) is 0 Å². The molecule has 0 unspecified atom stereocenters. The number of hydrogen-bond donors (Lipinski definition) is 2. The third-order valence-corrected chi connectivity index (χ3v) is 4.30. The number of hydrogen-bond acceptors (Lipinski definition) is 4. The molecule has 0 bridgehead atoms. The molecule has 1 aromatic rings. The lowest BCUT2D eigenvalue weighted by atomic mass is 10.1. The van der Waals surface area contributed by atoms with Crippen molar-refractivity contribution in [2.24, 2.45) is 5.92 Å². The van der Waals surface area contributed by atoms with Crippen molar-refractivity contribution in [3.05, 3.63) is 16.1 Å². The fraction of sp³-hybridized carbons (Fsp3) is 0.692. The SMILES string of the molecule is Cc1csc(C(C)(C)NC(=O)CNCC2CC2)n1.Cl.Cl. The Hall–Kier alpha value is -0.360. The van der Waals surface area contributed by atoms with Gasteiger partial charge in [0.15, 0.2) is 0 Å². The first kappa shape index (κ1) is 19.6. The van der Waals surface area contributed by atoms with Gasteiger partial charge in [0, 0.05) is 11.1 Å². The average molecular weight is 340 g/mol. The maximum atomic E-state index is 11.8. The van der Waals surface area contributed by atoms with Gasteiger partial charge in [-0.15, -0.1) is 36.2 Å². The average Bonchev–Trinajstić information content (AvgIpc) is 2.98. The van der Waals surface area contributed by atoms with Crippen molar-refractivity contribution in [2.45, 2.75) is 39.2 Å². The predicted molar refractivity (Wildman–Crippen MR) is 88.1 cm³/mol. The number of carbonyl (C=O) groups is 1. The van der Waals surface area contributed by atoms with Crippen molar-refractivity contribution in [1.29, 1.82) is 0 Å².